The summed E-state index contributed by atoms with van der Waals surface area (Å²) in [6.07, 6.45) is 5.10. The number of allylic oxidation sites excluding steroid dienone is 1. The van der Waals surface area contributed by atoms with E-state index in [0.717, 1.165) is 10.9 Å². The van der Waals surface area contributed by atoms with Crippen molar-refractivity contribution in [2.75, 3.05) is 7.05 Å². The number of aromatic amines is 1. The Kier molecular flexibility index (Phi) is 3.09. The number of hydroxylamine groups is 2. The Morgan fingerprint density at radius 3 is 3.18 bits per heavy atom. The van der Waals surface area contributed by atoms with Gasteiger partial charge in [0.1, 0.15) is 11.9 Å². The van der Waals surface area contributed by atoms with Gasteiger partial charge in [0, 0.05) is 30.5 Å². The molecule has 5 heteroatoms. The normalized spacial score (nSPS) is 10.9. The van der Waals surface area contributed by atoms with Gasteiger partial charge < -0.3 is 9.82 Å². The van der Waals surface area contributed by atoms with Crippen molar-refractivity contribution < 1.29 is 4.84 Å². The summed E-state index contributed by atoms with van der Waals surface area (Å²) in [6, 6.07) is 3.88. The summed E-state index contributed by atoms with van der Waals surface area (Å²) in [4.78, 5) is 16.8. The zero-order valence-electron chi connectivity index (χ0n) is 9.84. The van der Waals surface area contributed by atoms with Gasteiger partial charge in [-0.05, 0) is 19.1 Å². The lowest BCUT2D eigenvalue weighted by Crippen LogP contribution is -2.21. The van der Waals surface area contributed by atoms with Crippen LogP contribution < -0.4 is 4.84 Å². The number of hydrogen-bond acceptors (Lipinski definition) is 3. The first-order chi connectivity index (χ1) is 8.16. The molecule has 0 fully saturated rings. The second-order valence-corrected chi connectivity index (χ2v) is 3.68. The molecule has 0 atom stereocenters. The molecule has 2 rings (SSSR count). The van der Waals surface area contributed by atoms with Crippen LogP contribution in [0.3, 0.4) is 0 Å². The molecule has 2 aromatic heterocycles. The summed E-state index contributed by atoms with van der Waals surface area (Å²) in [7, 11) is 1.75. The Morgan fingerprint density at radius 2 is 2.41 bits per heavy atom. The van der Waals surface area contributed by atoms with Crippen molar-refractivity contribution in [3.8, 4) is 5.88 Å². The predicted octanol–water partition coefficient (Wildman–Crippen LogP) is 2.35. The fourth-order valence-corrected chi connectivity index (χ4v) is 1.36. The first-order valence-corrected chi connectivity index (χ1v) is 5.19. The van der Waals surface area contributed by atoms with Crippen LogP contribution in [0.2, 0.25) is 0 Å². The van der Waals surface area contributed by atoms with E-state index in [-0.39, 0.29) is 0 Å². The fourth-order valence-electron chi connectivity index (χ4n) is 1.36. The lowest BCUT2D eigenvalue weighted by molar-refractivity contribution is 0.0500. The Balaban J connectivity index is 2.18. The number of aliphatic imine (C=N–C) groups is 1. The number of pyridine rings is 1. The monoisotopic (exact) mass is 230 g/mol. The van der Waals surface area contributed by atoms with Crippen LogP contribution in [0, 0.1) is 0 Å². The van der Waals surface area contributed by atoms with Crippen molar-refractivity contribution in [2.45, 2.75) is 6.92 Å². The molecule has 5 nitrogen and oxygen atoms in total. The molecule has 0 aliphatic carbocycles. The molecule has 0 aromatic carbocycles. The Hall–Kier alpha value is -2.30. The van der Waals surface area contributed by atoms with Crippen molar-refractivity contribution in [1.82, 2.24) is 15.0 Å². The van der Waals surface area contributed by atoms with E-state index in [2.05, 4.69) is 21.5 Å². The second kappa shape index (κ2) is 4.69. The molecular formula is C12H14N4O. The van der Waals surface area contributed by atoms with Crippen LogP contribution in [0.1, 0.15) is 6.92 Å². The van der Waals surface area contributed by atoms with Crippen molar-refractivity contribution in [3.05, 3.63) is 36.8 Å². The van der Waals surface area contributed by atoms with E-state index in [0.29, 0.717) is 11.6 Å². The molecule has 0 unspecified atom stereocenters. The van der Waals surface area contributed by atoms with Gasteiger partial charge in [-0.3, -0.25) is 0 Å². The minimum atomic E-state index is 0.517. The number of nitrogens with one attached hydrogen (secondary N) is 1. The summed E-state index contributed by atoms with van der Waals surface area (Å²) in [5.74, 6) is 0.517. The molecule has 2 aromatic rings. The van der Waals surface area contributed by atoms with Crippen LogP contribution in [-0.2, 0) is 0 Å². The van der Waals surface area contributed by atoms with Crippen molar-refractivity contribution in [1.29, 1.82) is 0 Å². The van der Waals surface area contributed by atoms with Crippen LogP contribution in [0.4, 0.5) is 0 Å². The first kappa shape index (κ1) is 11.2. The maximum Gasteiger partial charge on any atom is 0.270 e. The van der Waals surface area contributed by atoms with E-state index in [4.69, 9.17) is 4.84 Å². The average molecular weight is 230 g/mol. The molecule has 2 heterocycles. The zero-order chi connectivity index (χ0) is 12.3. The van der Waals surface area contributed by atoms with Crippen LogP contribution in [0.15, 0.2) is 41.8 Å². The second-order valence-electron chi connectivity index (χ2n) is 3.68. The maximum absolute atomic E-state index is 5.54. The molecule has 88 valence electrons. The number of aromatic nitrogens is 2. The van der Waals surface area contributed by atoms with Crippen molar-refractivity contribution in [2.24, 2.45) is 4.99 Å². The van der Waals surface area contributed by atoms with Gasteiger partial charge in [0.2, 0.25) is 0 Å². The zero-order valence-corrected chi connectivity index (χ0v) is 9.84. The Morgan fingerprint density at radius 1 is 1.59 bits per heavy atom. The highest BCUT2D eigenvalue weighted by atomic mass is 16.7. The van der Waals surface area contributed by atoms with Gasteiger partial charge in [0.15, 0.2) is 0 Å². The molecule has 0 radical (unpaired) electrons. The number of hydrogen-bond donors (Lipinski definition) is 1. The SMILES string of the molecule is C=C(C)/N=C\N(C)Oc1nccc2cc[nH]c12. The molecule has 0 bridgehead atoms. The molecule has 17 heavy (non-hydrogen) atoms. The topological polar surface area (TPSA) is 53.5 Å². The van der Waals surface area contributed by atoms with Gasteiger partial charge >= 0.3 is 0 Å². The molecule has 0 saturated heterocycles. The quantitative estimate of drug-likeness (QED) is 0.498. The van der Waals surface area contributed by atoms with Crippen LogP contribution in [0.25, 0.3) is 10.9 Å². The van der Waals surface area contributed by atoms with E-state index in [1.54, 1.807) is 19.6 Å². The molecular weight excluding hydrogens is 216 g/mol. The number of fused-ring (bicyclic) bond motifs is 1. The minimum Gasteiger partial charge on any atom is -0.357 e. The summed E-state index contributed by atoms with van der Waals surface area (Å²) in [6.45, 7) is 5.49. The highest BCUT2D eigenvalue weighted by molar-refractivity contribution is 5.83. The van der Waals surface area contributed by atoms with E-state index >= 15 is 0 Å². The molecule has 0 aliphatic rings. The molecule has 1 N–H and O–H groups in total. The fraction of sp³-hybridized carbons (Fsp3) is 0.167. The Bertz CT molecular complexity index is 558. The van der Waals surface area contributed by atoms with Crippen LogP contribution in [0.5, 0.6) is 5.88 Å². The number of H-pyrrole nitrogens is 1. The van der Waals surface area contributed by atoms with E-state index in [9.17, 15) is 0 Å². The van der Waals surface area contributed by atoms with E-state index in [1.165, 1.54) is 5.06 Å². The van der Waals surface area contributed by atoms with Gasteiger partial charge in [0.05, 0.1) is 0 Å². The average Bonchev–Trinajstić information content (AvgIpc) is 2.75. The van der Waals surface area contributed by atoms with Crippen molar-refractivity contribution >= 4 is 17.2 Å². The number of rotatable bonds is 4. The van der Waals surface area contributed by atoms with Gasteiger partial charge in [-0.2, -0.15) is 5.06 Å². The summed E-state index contributed by atoms with van der Waals surface area (Å²) in [5, 5.41) is 2.54. The summed E-state index contributed by atoms with van der Waals surface area (Å²) >= 11 is 0. The van der Waals surface area contributed by atoms with Crippen molar-refractivity contribution in [3.63, 3.8) is 0 Å². The lowest BCUT2D eigenvalue weighted by Gasteiger charge is -2.13. The van der Waals surface area contributed by atoms with Gasteiger partial charge in [0.25, 0.3) is 5.88 Å². The van der Waals surface area contributed by atoms with E-state index < -0.39 is 0 Å². The molecule has 0 spiro atoms. The summed E-state index contributed by atoms with van der Waals surface area (Å²) < 4.78 is 0. The Labute approximate surface area is 99.4 Å². The third-order valence-electron chi connectivity index (χ3n) is 2.11. The molecule has 0 saturated carbocycles. The summed E-state index contributed by atoms with van der Waals surface area (Å²) in [5.41, 5.74) is 1.58. The minimum absolute atomic E-state index is 0.517. The predicted molar refractivity (Wildman–Crippen MR) is 67.8 cm³/mol. The van der Waals surface area contributed by atoms with Crippen LogP contribution >= 0.6 is 0 Å². The highest BCUT2D eigenvalue weighted by Gasteiger charge is 2.06. The highest BCUT2D eigenvalue weighted by Crippen LogP contribution is 2.20. The van der Waals surface area contributed by atoms with Gasteiger partial charge in [-0.15, -0.1) is 0 Å². The smallest absolute Gasteiger partial charge is 0.270 e. The lowest BCUT2D eigenvalue weighted by atomic mass is 10.3. The molecule has 0 aliphatic heterocycles. The third kappa shape index (κ3) is 2.63. The van der Waals surface area contributed by atoms with Crippen LogP contribution in [-0.4, -0.2) is 28.4 Å². The molecule has 0 amide bonds. The van der Waals surface area contributed by atoms with Gasteiger partial charge in [-0.1, -0.05) is 6.58 Å². The standard InChI is InChI=1S/C12H14N4O/c1-9(2)15-8-16(3)17-12-11-10(4-6-13-11)5-7-14-12/h4-8,13H,1H2,2-3H3/b15-8-. The first-order valence-electron chi connectivity index (χ1n) is 5.19. The largest absolute Gasteiger partial charge is 0.357 e. The third-order valence-corrected chi connectivity index (χ3v) is 2.11. The number of nitrogens with zero attached hydrogens (tertiary/aromatic N) is 3. The van der Waals surface area contributed by atoms with Gasteiger partial charge in [-0.25, -0.2) is 9.98 Å². The maximum atomic E-state index is 5.54. The van der Waals surface area contributed by atoms with E-state index in [1.807, 2.05) is 25.3 Å².